The van der Waals surface area contributed by atoms with Crippen molar-refractivity contribution in [2.24, 2.45) is 5.92 Å². The first-order valence-corrected chi connectivity index (χ1v) is 22.7. The molecule has 3 fully saturated rings. The number of nitrogens with one attached hydrogen (secondary N) is 2. The molecule has 6 aromatic carbocycles. The highest BCUT2D eigenvalue weighted by molar-refractivity contribution is 6.25. The Hall–Kier alpha value is -7.32. The van der Waals surface area contributed by atoms with Crippen LogP contribution in [0.5, 0.6) is 5.75 Å². The lowest BCUT2D eigenvalue weighted by atomic mass is 9.65. The highest BCUT2D eigenvalue weighted by atomic mass is 16.6. The summed E-state index contributed by atoms with van der Waals surface area (Å²) in [7, 11) is 0. The number of imide groups is 1. The molecule has 4 amide bonds. The minimum absolute atomic E-state index is 0.00528. The van der Waals surface area contributed by atoms with E-state index in [1.54, 1.807) is 42.5 Å². The minimum atomic E-state index is -1.93. The fourth-order valence-electron chi connectivity index (χ4n) is 10.7. The molecule has 4 heterocycles. The molecule has 3 N–H and O–H groups in total. The van der Waals surface area contributed by atoms with Crippen LogP contribution in [0.25, 0.3) is 0 Å². The van der Waals surface area contributed by atoms with Crippen LogP contribution in [0.15, 0.2) is 164 Å². The third-order valence-corrected chi connectivity index (χ3v) is 13.5. The Morgan fingerprint density at radius 2 is 1.40 bits per heavy atom. The summed E-state index contributed by atoms with van der Waals surface area (Å²) in [5, 5.41) is 16.0. The number of benzene rings is 6. The van der Waals surface area contributed by atoms with Crippen LogP contribution in [0.1, 0.15) is 59.0 Å². The number of cyclic esters (lactones) is 1. The van der Waals surface area contributed by atoms with Crippen molar-refractivity contribution in [3.63, 3.8) is 0 Å². The number of amides is 4. The molecule has 4 aliphatic heterocycles. The number of anilines is 3. The average Bonchev–Trinajstić information content (AvgIpc) is 3.83. The number of carbonyl (C=O) groups excluding carboxylic acids is 4. The number of nitrogens with zero attached hydrogens (tertiary/aromatic N) is 3. The summed E-state index contributed by atoms with van der Waals surface area (Å²) >= 11 is 0. The van der Waals surface area contributed by atoms with Crippen molar-refractivity contribution >= 4 is 40.9 Å². The van der Waals surface area contributed by atoms with E-state index in [2.05, 4.69) is 15.5 Å². The summed E-state index contributed by atoms with van der Waals surface area (Å²) in [6.07, 6.45) is -0.881. The van der Waals surface area contributed by atoms with Crippen molar-refractivity contribution in [3.05, 3.63) is 192 Å². The van der Waals surface area contributed by atoms with Crippen molar-refractivity contribution in [1.29, 1.82) is 0 Å². The van der Waals surface area contributed by atoms with E-state index in [1.807, 2.05) is 133 Å². The Kier molecular flexibility index (Phi) is 12.0. The van der Waals surface area contributed by atoms with Crippen LogP contribution in [-0.2, 0) is 29.3 Å². The summed E-state index contributed by atoms with van der Waals surface area (Å²) in [6.45, 7) is 4.29. The van der Waals surface area contributed by atoms with E-state index in [1.165, 1.54) is 0 Å². The van der Waals surface area contributed by atoms with Crippen LogP contribution in [0.3, 0.4) is 0 Å². The van der Waals surface area contributed by atoms with Gasteiger partial charge in [0.15, 0.2) is 0 Å². The second-order valence-electron chi connectivity index (χ2n) is 17.3. The summed E-state index contributed by atoms with van der Waals surface area (Å²) in [6, 6.07) is 45.9. The normalized spacial score (nSPS) is 23.8. The molecule has 3 saturated heterocycles. The lowest BCUT2D eigenvalue weighted by Crippen LogP contribution is -2.55. The van der Waals surface area contributed by atoms with E-state index in [-0.39, 0.29) is 13.2 Å². The van der Waals surface area contributed by atoms with Gasteiger partial charge in [0, 0.05) is 24.5 Å². The quantitative estimate of drug-likeness (QED) is 0.111. The number of ether oxygens (including phenoxy) is 3. The molecular weight excluding hydrogens is 847 g/mol. The summed E-state index contributed by atoms with van der Waals surface area (Å²) < 4.78 is 18.2. The van der Waals surface area contributed by atoms with Crippen molar-refractivity contribution in [1.82, 2.24) is 10.2 Å². The first kappa shape index (κ1) is 43.6. The van der Waals surface area contributed by atoms with Crippen LogP contribution < -0.4 is 25.2 Å². The molecule has 7 atom stereocenters. The number of fused-ring (bicyclic) bond motifs is 3. The molecule has 0 aliphatic carbocycles. The predicted molar refractivity (Wildman–Crippen MR) is 252 cm³/mol. The average molecular weight is 898 g/mol. The van der Waals surface area contributed by atoms with E-state index in [0.29, 0.717) is 41.5 Å². The second-order valence-corrected chi connectivity index (χ2v) is 17.3. The van der Waals surface area contributed by atoms with Gasteiger partial charge in [-0.15, -0.1) is 0 Å². The first-order valence-electron chi connectivity index (χ1n) is 22.7. The highest BCUT2D eigenvalue weighted by Gasteiger charge is 2.75. The lowest BCUT2D eigenvalue weighted by molar-refractivity contribution is -0.177. The van der Waals surface area contributed by atoms with Gasteiger partial charge in [-0.05, 0) is 77.2 Å². The molecular formula is C54H51N5O8. The third-order valence-electron chi connectivity index (χ3n) is 13.5. The molecule has 10 rings (SSSR count). The van der Waals surface area contributed by atoms with Crippen molar-refractivity contribution in [3.8, 4) is 5.75 Å². The number of carbonyl (C=O) groups is 4. The molecule has 340 valence electrons. The van der Waals surface area contributed by atoms with Gasteiger partial charge in [0.25, 0.3) is 0 Å². The van der Waals surface area contributed by atoms with E-state index in [9.17, 15) is 9.90 Å². The fraction of sp³-hybridized carbons (Fsp3) is 0.259. The van der Waals surface area contributed by atoms with Gasteiger partial charge < -0.3 is 34.9 Å². The zero-order valence-electron chi connectivity index (χ0n) is 36.9. The number of morpholine rings is 2. The largest absolute Gasteiger partial charge is 0.491 e. The van der Waals surface area contributed by atoms with E-state index >= 15 is 14.4 Å². The van der Waals surface area contributed by atoms with E-state index < -0.39 is 65.4 Å². The molecule has 13 heteroatoms. The van der Waals surface area contributed by atoms with Gasteiger partial charge in [-0.25, -0.2) is 9.69 Å². The molecule has 4 aliphatic rings. The van der Waals surface area contributed by atoms with Crippen LogP contribution in [0.2, 0.25) is 0 Å². The summed E-state index contributed by atoms with van der Waals surface area (Å²) in [5.74, 6) is -3.02. The summed E-state index contributed by atoms with van der Waals surface area (Å²) in [5.41, 5.74) is 3.08. The van der Waals surface area contributed by atoms with E-state index in [0.717, 1.165) is 40.4 Å². The van der Waals surface area contributed by atoms with Crippen LogP contribution in [0, 0.1) is 5.92 Å². The molecule has 13 nitrogen and oxygen atoms in total. The smallest absolute Gasteiger partial charge is 0.329 e. The number of hydrogen-bond acceptors (Lipinski definition) is 10. The van der Waals surface area contributed by atoms with Crippen LogP contribution in [-0.4, -0.2) is 79.4 Å². The Bertz CT molecular complexity index is 2750. The Balaban J connectivity index is 1.19. The Morgan fingerprint density at radius 1 is 0.761 bits per heavy atom. The standard InChI is InChI=1S/C54H51N5O8/c1-35(36-14-5-2-6-15-36)55-53(64)58-44-23-12-11-22-43(44)54(52(58)63)45(50(61)56-40-24-26-41(27-25-40)57-28-31-65-32-29-57)47-51(62)67-48(38-18-9-4-10-19-38)46(37-16-7-3-8-17-37)59(47)49(54)39-20-13-21-42(34-39)66-33-30-60/h2-27,34-35,45-49,60H,28-33H2,1H3,(H,55,64)(H,56,61). The molecule has 1 spiro atoms. The van der Waals surface area contributed by atoms with Crippen molar-refractivity contribution < 1.29 is 38.5 Å². The van der Waals surface area contributed by atoms with Crippen molar-refractivity contribution in [2.45, 2.75) is 42.6 Å². The monoisotopic (exact) mass is 897 g/mol. The Morgan fingerprint density at radius 3 is 2.10 bits per heavy atom. The zero-order valence-corrected chi connectivity index (χ0v) is 36.9. The topological polar surface area (TPSA) is 150 Å². The molecule has 0 radical (unpaired) electrons. The zero-order chi connectivity index (χ0) is 46.1. The molecule has 6 aromatic rings. The molecule has 67 heavy (non-hydrogen) atoms. The number of hydrogen-bond donors (Lipinski definition) is 3. The van der Waals surface area contributed by atoms with Gasteiger partial charge in [-0.2, -0.15) is 0 Å². The van der Waals surface area contributed by atoms with E-state index in [4.69, 9.17) is 14.2 Å². The maximum Gasteiger partial charge on any atom is 0.329 e. The molecule has 0 saturated carbocycles. The first-order chi connectivity index (χ1) is 32.8. The second kappa shape index (κ2) is 18.5. The molecule has 0 bridgehead atoms. The van der Waals surface area contributed by atoms with Gasteiger partial charge in [0.05, 0.1) is 49.6 Å². The maximum atomic E-state index is 16.4. The van der Waals surface area contributed by atoms with Crippen LogP contribution in [0.4, 0.5) is 21.9 Å². The van der Waals surface area contributed by atoms with Crippen molar-refractivity contribution in [2.75, 3.05) is 54.6 Å². The number of esters is 1. The number of urea groups is 1. The maximum absolute atomic E-state index is 16.4. The number of aliphatic hydroxyl groups excluding tert-OH is 1. The number of para-hydroxylation sites is 1. The fourth-order valence-corrected chi connectivity index (χ4v) is 10.7. The van der Waals surface area contributed by atoms with Gasteiger partial charge in [-0.1, -0.05) is 121 Å². The van der Waals surface area contributed by atoms with Gasteiger partial charge >= 0.3 is 12.0 Å². The number of rotatable bonds is 11. The van der Waals surface area contributed by atoms with Gasteiger partial charge in [0.2, 0.25) is 11.8 Å². The molecule has 7 unspecified atom stereocenters. The van der Waals surface area contributed by atoms with Gasteiger partial charge in [-0.3, -0.25) is 19.3 Å². The lowest BCUT2D eigenvalue weighted by Gasteiger charge is -2.46. The number of aliphatic hydroxyl groups is 1. The SMILES string of the molecule is CC(NC(=O)N1C(=O)C2(c3ccccc31)C(C(=O)Nc1ccc(N3CCOCC3)cc1)C1C(=O)OC(c3ccccc3)C(c3ccccc3)N1C2c1cccc(OCCO)c1)c1ccccc1. The minimum Gasteiger partial charge on any atom is -0.491 e. The molecule has 0 aromatic heterocycles. The highest BCUT2D eigenvalue weighted by Crippen LogP contribution is 2.66. The van der Waals surface area contributed by atoms with Crippen LogP contribution >= 0.6 is 0 Å². The summed E-state index contributed by atoms with van der Waals surface area (Å²) in [4.78, 5) is 67.9. The predicted octanol–water partition coefficient (Wildman–Crippen LogP) is 7.67. The third kappa shape index (κ3) is 7.78. The Labute approximate surface area is 388 Å². The van der Waals surface area contributed by atoms with Gasteiger partial charge in [0.1, 0.15) is 29.9 Å².